The molecule has 0 aliphatic carbocycles. The zero-order valence-electron chi connectivity index (χ0n) is 28.9. The minimum absolute atomic E-state index is 0.199. The number of rotatable bonds is 17. The number of carboxylic acids is 1. The molecule has 11 N–H and O–H groups in total. The minimum Gasteiger partial charge on any atom is -0.479 e. The summed E-state index contributed by atoms with van der Waals surface area (Å²) in [6.45, 7) is 5.86. The first-order valence-electron chi connectivity index (χ1n) is 16.6. The van der Waals surface area contributed by atoms with Crippen LogP contribution in [0.4, 0.5) is 0 Å². The van der Waals surface area contributed by atoms with Crippen LogP contribution in [-0.2, 0) is 47.5 Å². The van der Waals surface area contributed by atoms with Crippen molar-refractivity contribution in [2.75, 3.05) is 19.8 Å². The van der Waals surface area contributed by atoms with Gasteiger partial charge in [-0.1, -0.05) is 6.92 Å². The van der Waals surface area contributed by atoms with Gasteiger partial charge in [-0.15, -0.1) is 0 Å². The summed E-state index contributed by atoms with van der Waals surface area (Å²) in [5.74, 6) is -2.21. The number of aliphatic hydroxyl groups is 9. The number of amides is 1. The van der Waals surface area contributed by atoms with Crippen LogP contribution in [0.2, 0.25) is 0 Å². The summed E-state index contributed by atoms with van der Waals surface area (Å²) in [5, 5.41) is 106. The highest BCUT2D eigenvalue weighted by Gasteiger charge is 2.53. The lowest BCUT2D eigenvalue weighted by Crippen LogP contribution is -2.65. The van der Waals surface area contributed by atoms with Crippen LogP contribution in [0.25, 0.3) is 0 Å². The summed E-state index contributed by atoms with van der Waals surface area (Å²) >= 11 is 0. The second kappa shape index (κ2) is 19.5. The first-order valence-corrected chi connectivity index (χ1v) is 16.6. The minimum atomic E-state index is -2.05. The van der Waals surface area contributed by atoms with Crippen LogP contribution in [0.3, 0.4) is 0 Å². The second-order valence-corrected chi connectivity index (χ2v) is 12.8. The van der Waals surface area contributed by atoms with Crippen LogP contribution >= 0.6 is 0 Å². The molecule has 51 heavy (non-hydrogen) atoms. The Morgan fingerprint density at radius 2 is 1.35 bits per heavy atom. The average molecular weight is 748 g/mol. The Morgan fingerprint density at radius 3 is 1.92 bits per heavy atom. The van der Waals surface area contributed by atoms with Gasteiger partial charge in [-0.2, -0.15) is 0 Å². The van der Waals surface area contributed by atoms with E-state index in [-0.39, 0.29) is 6.61 Å². The maximum Gasteiger partial charge on any atom is 0.335 e. The number of carboxylic acid groups (broad SMARTS) is 1. The van der Waals surface area contributed by atoms with Crippen LogP contribution < -0.4 is 5.32 Å². The molecule has 0 aromatic heterocycles. The lowest BCUT2D eigenvalue weighted by atomic mass is 9.97. The molecular weight excluding hydrogens is 694 g/mol. The Bertz CT molecular complexity index is 1090. The van der Waals surface area contributed by atoms with Crippen molar-refractivity contribution in [3.05, 3.63) is 0 Å². The highest BCUT2D eigenvalue weighted by Crippen LogP contribution is 2.31. The predicted molar refractivity (Wildman–Crippen MR) is 164 cm³/mol. The van der Waals surface area contributed by atoms with Gasteiger partial charge in [0, 0.05) is 13.5 Å². The molecule has 3 rings (SSSR count). The standard InChI is InChI=1S/C30H53NO20/c1-6-7-44-30-24(19(38)17(36)12(4)47-30)50-27(10(2)31-13(5)33)48-15(8-32)14(34)9-45-28-22(41)20(39)23(25(51-28)26(42)43)49-29-21(40)18(37)16(35)11(3)46-29/h10-12,14-25,27-30,32,34-41H,6-9H2,1-5H3,(H,31,33)(H,42,43)/t10-,11-,12?,14+,15?,16-,17-,18?,19?,20?,21?,22-,23+,24-,25?,27-,28+,29-,30+/m0/s1. The van der Waals surface area contributed by atoms with Crippen molar-refractivity contribution in [2.24, 2.45) is 0 Å². The largest absolute Gasteiger partial charge is 0.479 e. The van der Waals surface area contributed by atoms with Gasteiger partial charge in [0.2, 0.25) is 5.91 Å². The maximum absolute atomic E-state index is 12.1. The fourth-order valence-electron chi connectivity index (χ4n) is 5.66. The van der Waals surface area contributed by atoms with Gasteiger partial charge >= 0.3 is 5.97 Å². The van der Waals surface area contributed by atoms with Crippen LogP contribution in [0, 0.1) is 0 Å². The molecule has 21 heteroatoms. The first-order chi connectivity index (χ1) is 23.9. The fraction of sp³-hybridized carbons (Fsp3) is 0.933. The molecular formula is C30H53NO20. The van der Waals surface area contributed by atoms with E-state index in [1.165, 1.54) is 27.7 Å². The van der Waals surface area contributed by atoms with E-state index >= 15 is 0 Å². The third kappa shape index (κ3) is 10.9. The van der Waals surface area contributed by atoms with E-state index in [1.54, 1.807) is 0 Å². The molecule has 0 aromatic carbocycles. The molecule has 3 aliphatic rings. The zero-order valence-corrected chi connectivity index (χ0v) is 28.9. The number of carbonyl (C=O) groups is 2. The van der Waals surface area contributed by atoms with Crippen molar-refractivity contribution in [1.29, 1.82) is 0 Å². The summed E-state index contributed by atoms with van der Waals surface area (Å²) in [6, 6.07) is -0.994. The topological polar surface area (TPSA) is 322 Å². The van der Waals surface area contributed by atoms with Crippen LogP contribution in [-0.4, -0.2) is 199 Å². The normalized spacial score (nSPS) is 41.3. The molecule has 7 unspecified atom stereocenters. The molecule has 298 valence electrons. The molecule has 3 fully saturated rings. The highest BCUT2D eigenvalue weighted by molar-refractivity contribution is 5.73. The zero-order chi connectivity index (χ0) is 38.3. The molecule has 0 bridgehead atoms. The quantitative estimate of drug-likeness (QED) is 0.0619. The Hall–Kier alpha value is -1.74. The van der Waals surface area contributed by atoms with Crippen LogP contribution in [0.1, 0.15) is 41.0 Å². The maximum atomic E-state index is 12.1. The molecule has 21 nitrogen and oxygen atoms in total. The van der Waals surface area contributed by atoms with Gasteiger partial charge in [0.15, 0.2) is 31.3 Å². The van der Waals surface area contributed by atoms with Gasteiger partial charge in [0.25, 0.3) is 0 Å². The molecule has 0 radical (unpaired) electrons. The average Bonchev–Trinajstić information content (AvgIpc) is 3.07. The molecule has 3 saturated heterocycles. The van der Waals surface area contributed by atoms with Gasteiger partial charge in [0.05, 0.1) is 31.5 Å². The Balaban J connectivity index is 1.71. The third-order valence-electron chi connectivity index (χ3n) is 8.64. The van der Waals surface area contributed by atoms with Crippen molar-refractivity contribution >= 4 is 11.9 Å². The highest BCUT2D eigenvalue weighted by atomic mass is 16.8. The molecule has 1 amide bonds. The van der Waals surface area contributed by atoms with Crippen LogP contribution in [0.15, 0.2) is 0 Å². The molecule has 3 aliphatic heterocycles. The van der Waals surface area contributed by atoms with E-state index in [9.17, 15) is 60.7 Å². The number of aliphatic hydroxyl groups excluding tert-OH is 9. The first kappa shape index (κ1) is 43.7. The fourth-order valence-corrected chi connectivity index (χ4v) is 5.66. The van der Waals surface area contributed by atoms with E-state index in [4.69, 9.17) is 37.9 Å². The van der Waals surface area contributed by atoms with Crippen molar-refractivity contribution in [1.82, 2.24) is 5.32 Å². The van der Waals surface area contributed by atoms with E-state index in [0.717, 1.165) is 0 Å². The number of hydrogen-bond donors (Lipinski definition) is 11. The van der Waals surface area contributed by atoms with Crippen LogP contribution in [0.5, 0.6) is 0 Å². The van der Waals surface area contributed by atoms with Gasteiger partial charge in [-0.05, 0) is 27.2 Å². The molecule has 19 atom stereocenters. The molecule has 0 spiro atoms. The summed E-state index contributed by atoms with van der Waals surface area (Å²) in [7, 11) is 0. The van der Waals surface area contributed by atoms with E-state index in [2.05, 4.69) is 5.32 Å². The Morgan fingerprint density at radius 1 is 0.784 bits per heavy atom. The second-order valence-electron chi connectivity index (χ2n) is 12.8. The number of carbonyl (C=O) groups excluding carboxylic acids is 1. The SMILES string of the molecule is CCCO[C@@H]1OC(C)[C@H](O)C(O)[C@@H]1O[C@H](OC(CO)[C@H](O)CO[C@@H]1OC(C(=O)O)[C@H](O[C@@H]2O[C@@H](C)[C@H](O)C(O)C2O)C(O)[C@@H]1O)[C@H](C)NC(C)=O. The third-order valence-corrected chi connectivity index (χ3v) is 8.64. The lowest BCUT2D eigenvalue weighted by Gasteiger charge is -2.45. The molecule has 0 aromatic rings. The molecule has 0 saturated carbocycles. The van der Waals surface area contributed by atoms with E-state index in [1.807, 2.05) is 6.92 Å². The number of hydrogen-bond acceptors (Lipinski definition) is 19. The summed E-state index contributed by atoms with van der Waals surface area (Å²) in [6.07, 6.45) is -28.4. The Labute approximate surface area is 293 Å². The number of aliphatic carboxylic acids is 1. The predicted octanol–water partition coefficient (Wildman–Crippen LogP) is -5.39. The van der Waals surface area contributed by atoms with Crippen molar-refractivity contribution in [3.63, 3.8) is 0 Å². The number of nitrogens with one attached hydrogen (secondary N) is 1. The Kier molecular flexibility index (Phi) is 16.7. The van der Waals surface area contributed by atoms with Gasteiger partial charge < -0.3 is 94.3 Å². The van der Waals surface area contributed by atoms with Gasteiger partial charge in [0.1, 0.15) is 67.1 Å². The van der Waals surface area contributed by atoms with Gasteiger partial charge in [-0.3, -0.25) is 4.79 Å². The van der Waals surface area contributed by atoms with Gasteiger partial charge in [-0.25, -0.2) is 4.79 Å². The van der Waals surface area contributed by atoms with Crippen molar-refractivity contribution in [2.45, 2.75) is 158 Å². The van der Waals surface area contributed by atoms with Crippen molar-refractivity contribution < 1.29 is 98.5 Å². The summed E-state index contributed by atoms with van der Waals surface area (Å²) in [4.78, 5) is 24.0. The smallest absolute Gasteiger partial charge is 0.335 e. The van der Waals surface area contributed by atoms with E-state index < -0.39 is 142 Å². The molecule has 3 heterocycles. The van der Waals surface area contributed by atoms with E-state index in [0.29, 0.717) is 6.42 Å². The lowest BCUT2D eigenvalue weighted by molar-refractivity contribution is -0.354. The number of ether oxygens (including phenoxy) is 8. The monoisotopic (exact) mass is 747 g/mol. The van der Waals surface area contributed by atoms with Crippen molar-refractivity contribution in [3.8, 4) is 0 Å². The summed E-state index contributed by atoms with van der Waals surface area (Å²) in [5.41, 5.74) is 0. The summed E-state index contributed by atoms with van der Waals surface area (Å²) < 4.78 is 44.5.